The number of hydrogen-bond acceptors (Lipinski definition) is 5. The van der Waals surface area contributed by atoms with Crippen LogP contribution in [0.5, 0.6) is 11.5 Å². The number of nitrogens with one attached hydrogen (secondary N) is 2. The normalized spacial score (nSPS) is 10.5. The van der Waals surface area contributed by atoms with Gasteiger partial charge in [0.1, 0.15) is 11.5 Å². The van der Waals surface area contributed by atoms with Gasteiger partial charge in [-0.25, -0.2) is 5.43 Å². The van der Waals surface area contributed by atoms with Crippen molar-refractivity contribution in [3.8, 4) is 11.5 Å². The lowest BCUT2D eigenvalue weighted by molar-refractivity contribution is 0.0956. The second-order valence-electron chi connectivity index (χ2n) is 6.20. The fourth-order valence-corrected chi connectivity index (χ4v) is 2.64. The Labute approximate surface area is 174 Å². The molecule has 0 aliphatic heterocycles. The molecule has 0 fully saturated rings. The van der Waals surface area contributed by atoms with Crippen molar-refractivity contribution in [1.82, 2.24) is 5.43 Å². The van der Waals surface area contributed by atoms with Crippen LogP contribution < -0.4 is 20.2 Å². The third-order valence-corrected chi connectivity index (χ3v) is 4.27. The molecule has 0 atom stereocenters. The van der Waals surface area contributed by atoms with Crippen LogP contribution in [-0.4, -0.2) is 32.2 Å². The molecule has 2 amide bonds. The number of benzene rings is 3. The van der Waals surface area contributed by atoms with Crippen LogP contribution >= 0.6 is 0 Å². The Morgan fingerprint density at radius 2 is 1.40 bits per heavy atom. The largest absolute Gasteiger partial charge is 0.497 e. The van der Waals surface area contributed by atoms with Crippen LogP contribution in [-0.2, 0) is 0 Å². The number of ether oxygens (including phenoxy) is 2. The van der Waals surface area contributed by atoms with Crippen molar-refractivity contribution in [2.45, 2.75) is 0 Å². The van der Waals surface area contributed by atoms with Crippen LogP contribution in [0.2, 0.25) is 0 Å². The van der Waals surface area contributed by atoms with Gasteiger partial charge in [0.2, 0.25) is 0 Å². The van der Waals surface area contributed by atoms with Crippen LogP contribution in [0.1, 0.15) is 26.3 Å². The van der Waals surface area contributed by atoms with Crippen LogP contribution in [0.3, 0.4) is 0 Å². The third-order valence-electron chi connectivity index (χ3n) is 4.27. The van der Waals surface area contributed by atoms with E-state index in [1.165, 1.54) is 6.21 Å². The number of hydrazone groups is 1. The summed E-state index contributed by atoms with van der Waals surface area (Å²) >= 11 is 0. The van der Waals surface area contributed by atoms with E-state index in [1.807, 2.05) is 12.1 Å². The lowest BCUT2D eigenvalue weighted by Crippen LogP contribution is -2.21. The second-order valence-corrected chi connectivity index (χ2v) is 6.20. The SMILES string of the molecule is COc1ccc(/C=N\NC(=O)c2ccccc2NC(=O)c2ccc(OC)cc2)cc1. The number of methoxy groups -OCH3 is 2. The summed E-state index contributed by atoms with van der Waals surface area (Å²) in [6.45, 7) is 0. The predicted molar refractivity (Wildman–Crippen MR) is 115 cm³/mol. The van der Waals surface area contributed by atoms with Crippen LogP contribution in [0, 0.1) is 0 Å². The van der Waals surface area contributed by atoms with Gasteiger partial charge >= 0.3 is 0 Å². The second kappa shape index (κ2) is 9.88. The topological polar surface area (TPSA) is 89.0 Å². The number of amides is 2. The van der Waals surface area contributed by atoms with Crippen molar-refractivity contribution in [2.75, 3.05) is 19.5 Å². The first kappa shape index (κ1) is 20.6. The molecule has 2 N–H and O–H groups in total. The van der Waals surface area contributed by atoms with Gasteiger partial charge in [-0.05, 0) is 66.2 Å². The zero-order valence-electron chi connectivity index (χ0n) is 16.6. The smallest absolute Gasteiger partial charge is 0.273 e. The maximum absolute atomic E-state index is 12.5. The molecule has 0 spiro atoms. The highest BCUT2D eigenvalue weighted by molar-refractivity contribution is 6.09. The highest BCUT2D eigenvalue weighted by atomic mass is 16.5. The molecule has 0 saturated heterocycles. The summed E-state index contributed by atoms with van der Waals surface area (Å²) in [5, 5.41) is 6.74. The first-order valence-corrected chi connectivity index (χ1v) is 9.12. The van der Waals surface area contributed by atoms with E-state index < -0.39 is 5.91 Å². The van der Waals surface area contributed by atoms with Crippen LogP contribution in [0.4, 0.5) is 5.69 Å². The first-order valence-electron chi connectivity index (χ1n) is 9.12. The van der Waals surface area contributed by atoms with E-state index in [-0.39, 0.29) is 5.91 Å². The molecule has 0 saturated carbocycles. The number of carbonyl (C=O) groups excluding carboxylic acids is 2. The van der Waals surface area contributed by atoms with E-state index >= 15 is 0 Å². The van der Waals surface area contributed by atoms with Gasteiger partial charge < -0.3 is 14.8 Å². The minimum atomic E-state index is -0.439. The lowest BCUT2D eigenvalue weighted by Gasteiger charge is -2.10. The minimum absolute atomic E-state index is 0.297. The zero-order valence-corrected chi connectivity index (χ0v) is 16.6. The number of carbonyl (C=O) groups is 2. The predicted octanol–water partition coefficient (Wildman–Crippen LogP) is 3.72. The third kappa shape index (κ3) is 5.23. The first-order chi connectivity index (χ1) is 14.6. The van der Waals surface area contributed by atoms with E-state index in [1.54, 1.807) is 74.9 Å². The molecule has 7 heteroatoms. The molecule has 0 aliphatic carbocycles. The molecular formula is C23H21N3O4. The summed E-state index contributed by atoms with van der Waals surface area (Å²) in [4.78, 5) is 25.1. The summed E-state index contributed by atoms with van der Waals surface area (Å²) in [5.41, 5.74) is 4.41. The molecular weight excluding hydrogens is 382 g/mol. The van der Waals surface area contributed by atoms with Gasteiger partial charge in [0, 0.05) is 5.56 Å². The quantitative estimate of drug-likeness (QED) is 0.465. The molecule has 3 aromatic carbocycles. The Hall–Kier alpha value is -4.13. The molecule has 0 aromatic heterocycles. The van der Waals surface area contributed by atoms with E-state index in [2.05, 4.69) is 15.8 Å². The summed E-state index contributed by atoms with van der Waals surface area (Å²) in [6, 6.07) is 20.6. The number of nitrogens with zero attached hydrogens (tertiary/aromatic N) is 1. The van der Waals surface area contributed by atoms with E-state index in [9.17, 15) is 9.59 Å². The van der Waals surface area contributed by atoms with Gasteiger partial charge in [0.05, 0.1) is 31.7 Å². The maximum Gasteiger partial charge on any atom is 0.273 e. The molecule has 3 aromatic rings. The molecule has 0 radical (unpaired) electrons. The average Bonchev–Trinajstić information content (AvgIpc) is 2.79. The Morgan fingerprint density at radius 3 is 2.03 bits per heavy atom. The van der Waals surface area contributed by atoms with E-state index in [0.29, 0.717) is 22.6 Å². The van der Waals surface area contributed by atoms with Crippen LogP contribution in [0.15, 0.2) is 77.9 Å². The van der Waals surface area contributed by atoms with Crippen molar-refractivity contribution >= 4 is 23.7 Å². The number of rotatable bonds is 7. The molecule has 152 valence electrons. The van der Waals surface area contributed by atoms with Crippen molar-refractivity contribution in [3.05, 3.63) is 89.5 Å². The number of hydrogen-bond donors (Lipinski definition) is 2. The Balaban J connectivity index is 1.67. The van der Waals surface area contributed by atoms with E-state index in [4.69, 9.17) is 9.47 Å². The van der Waals surface area contributed by atoms with Gasteiger partial charge in [-0.1, -0.05) is 12.1 Å². The van der Waals surface area contributed by atoms with Gasteiger partial charge in [0.25, 0.3) is 11.8 Å². The molecule has 0 unspecified atom stereocenters. The standard InChI is InChI=1S/C23H21N3O4/c1-29-18-11-7-16(8-12-18)15-24-26-23(28)20-5-3-4-6-21(20)25-22(27)17-9-13-19(30-2)14-10-17/h3-15H,1-2H3,(H,25,27)(H,26,28)/b24-15-. The van der Waals surface area contributed by atoms with Crippen molar-refractivity contribution in [2.24, 2.45) is 5.10 Å². The van der Waals surface area contributed by atoms with Crippen molar-refractivity contribution in [1.29, 1.82) is 0 Å². The number of para-hydroxylation sites is 1. The summed E-state index contributed by atoms with van der Waals surface area (Å²) in [6.07, 6.45) is 1.52. The number of anilines is 1. The van der Waals surface area contributed by atoms with Crippen molar-refractivity contribution < 1.29 is 19.1 Å². The summed E-state index contributed by atoms with van der Waals surface area (Å²) in [5.74, 6) is 0.615. The van der Waals surface area contributed by atoms with Gasteiger partial charge in [-0.3, -0.25) is 9.59 Å². The molecule has 30 heavy (non-hydrogen) atoms. The van der Waals surface area contributed by atoms with Gasteiger partial charge in [-0.2, -0.15) is 5.10 Å². The van der Waals surface area contributed by atoms with Gasteiger partial charge in [0.15, 0.2) is 0 Å². The average molecular weight is 403 g/mol. The molecule has 7 nitrogen and oxygen atoms in total. The fraction of sp³-hybridized carbons (Fsp3) is 0.0870. The monoisotopic (exact) mass is 403 g/mol. The zero-order chi connectivity index (χ0) is 21.3. The minimum Gasteiger partial charge on any atom is -0.497 e. The molecule has 0 aliphatic rings. The van der Waals surface area contributed by atoms with Crippen molar-refractivity contribution in [3.63, 3.8) is 0 Å². The van der Waals surface area contributed by atoms with Gasteiger partial charge in [-0.15, -0.1) is 0 Å². The van der Waals surface area contributed by atoms with E-state index in [0.717, 1.165) is 11.3 Å². The van der Waals surface area contributed by atoms with Crippen LogP contribution in [0.25, 0.3) is 0 Å². The highest BCUT2D eigenvalue weighted by Crippen LogP contribution is 2.18. The Kier molecular flexibility index (Phi) is 6.78. The molecule has 0 bridgehead atoms. The summed E-state index contributed by atoms with van der Waals surface area (Å²) < 4.78 is 10.2. The fourth-order valence-electron chi connectivity index (χ4n) is 2.64. The molecule has 3 rings (SSSR count). The Morgan fingerprint density at radius 1 is 0.800 bits per heavy atom. The highest BCUT2D eigenvalue weighted by Gasteiger charge is 2.13. The lowest BCUT2D eigenvalue weighted by atomic mass is 10.1. The Bertz CT molecular complexity index is 1040. The molecule has 0 heterocycles. The summed E-state index contributed by atoms with van der Waals surface area (Å²) in [7, 11) is 3.15. The maximum atomic E-state index is 12.5.